The van der Waals surface area contributed by atoms with Crippen LogP contribution in [0.1, 0.15) is 6.42 Å². The van der Waals surface area contributed by atoms with Gasteiger partial charge in [0.05, 0.1) is 12.1 Å². The summed E-state index contributed by atoms with van der Waals surface area (Å²) in [5.41, 5.74) is 0.0515. The molecular formula is C10H12N2O6. The van der Waals surface area contributed by atoms with E-state index in [1.165, 1.54) is 0 Å². The van der Waals surface area contributed by atoms with E-state index in [0.717, 1.165) is 12.1 Å². The number of urea groups is 1. The van der Waals surface area contributed by atoms with Gasteiger partial charge in [-0.05, 0) is 0 Å². The number of carbonyl (C=O) groups excluding carboxylic acids is 1. The monoisotopic (exact) mass is 256 g/mol. The Kier molecular flexibility index (Phi) is 4.19. The number of hydrogen-bond donors (Lipinski definition) is 6. The molecule has 0 aliphatic rings. The minimum atomic E-state index is -1.05. The summed E-state index contributed by atoms with van der Waals surface area (Å²) in [4.78, 5) is 21.5. The van der Waals surface area contributed by atoms with Crippen molar-refractivity contribution < 1.29 is 30.0 Å². The molecule has 0 saturated heterocycles. The van der Waals surface area contributed by atoms with Crippen LogP contribution < -0.4 is 10.6 Å². The average molecular weight is 256 g/mol. The number of benzene rings is 1. The van der Waals surface area contributed by atoms with Gasteiger partial charge < -0.3 is 31.1 Å². The molecule has 0 radical (unpaired) electrons. The minimum absolute atomic E-state index is 0.0515. The molecule has 98 valence electrons. The van der Waals surface area contributed by atoms with Crippen LogP contribution in [-0.4, -0.2) is 39.0 Å². The highest BCUT2D eigenvalue weighted by molar-refractivity contribution is 5.90. The number of anilines is 1. The highest BCUT2D eigenvalue weighted by Crippen LogP contribution is 2.37. The maximum absolute atomic E-state index is 11.3. The number of phenols is 3. The number of carboxylic acid groups (broad SMARTS) is 1. The fourth-order valence-electron chi connectivity index (χ4n) is 1.13. The number of aliphatic carboxylic acids is 1. The maximum atomic E-state index is 11.3. The third kappa shape index (κ3) is 3.74. The molecule has 8 heteroatoms. The third-order valence-electron chi connectivity index (χ3n) is 1.95. The number of amides is 2. The lowest BCUT2D eigenvalue weighted by atomic mass is 10.2. The third-order valence-corrected chi connectivity index (χ3v) is 1.95. The van der Waals surface area contributed by atoms with Crippen molar-refractivity contribution in [1.29, 1.82) is 0 Å². The molecule has 0 aromatic heterocycles. The van der Waals surface area contributed by atoms with Gasteiger partial charge in [-0.1, -0.05) is 0 Å². The zero-order chi connectivity index (χ0) is 13.7. The zero-order valence-corrected chi connectivity index (χ0v) is 9.17. The van der Waals surface area contributed by atoms with Gasteiger partial charge in [-0.15, -0.1) is 0 Å². The van der Waals surface area contributed by atoms with Crippen molar-refractivity contribution in [3.05, 3.63) is 12.1 Å². The van der Waals surface area contributed by atoms with E-state index in [9.17, 15) is 19.8 Å². The van der Waals surface area contributed by atoms with E-state index in [1.807, 2.05) is 0 Å². The summed E-state index contributed by atoms with van der Waals surface area (Å²) in [5.74, 6) is -2.91. The van der Waals surface area contributed by atoms with Crippen LogP contribution in [0.25, 0.3) is 0 Å². The maximum Gasteiger partial charge on any atom is 0.319 e. The van der Waals surface area contributed by atoms with E-state index in [-0.39, 0.29) is 18.7 Å². The number of rotatable bonds is 4. The lowest BCUT2D eigenvalue weighted by Gasteiger charge is -2.08. The van der Waals surface area contributed by atoms with Gasteiger partial charge in [-0.2, -0.15) is 0 Å². The molecule has 0 atom stereocenters. The predicted molar refractivity (Wildman–Crippen MR) is 60.7 cm³/mol. The summed E-state index contributed by atoms with van der Waals surface area (Å²) < 4.78 is 0. The molecule has 0 heterocycles. The molecular weight excluding hydrogens is 244 g/mol. The molecule has 1 aromatic carbocycles. The second-order valence-corrected chi connectivity index (χ2v) is 3.39. The summed E-state index contributed by atoms with van der Waals surface area (Å²) in [6.45, 7) is -0.0583. The lowest BCUT2D eigenvalue weighted by Crippen LogP contribution is -2.30. The van der Waals surface area contributed by atoms with Gasteiger partial charge in [-0.3, -0.25) is 4.79 Å². The largest absolute Gasteiger partial charge is 0.504 e. The molecule has 0 bridgehead atoms. The minimum Gasteiger partial charge on any atom is -0.504 e. The Labute approximate surface area is 101 Å². The first-order chi connectivity index (χ1) is 8.40. The Bertz CT molecular complexity index is 450. The lowest BCUT2D eigenvalue weighted by molar-refractivity contribution is -0.136. The Morgan fingerprint density at radius 3 is 2.17 bits per heavy atom. The van der Waals surface area contributed by atoms with Crippen LogP contribution in [0.3, 0.4) is 0 Å². The normalized spacial score (nSPS) is 9.78. The number of hydrogen-bond acceptors (Lipinski definition) is 5. The second kappa shape index (κ2) is 5.62. The van der Waals surface area contributed by atoms with Crippen molar-refractivity contribution in [2.45, 2.75) is 6.42 Å². The number of nitrogens with one attached hydrogen (secondary N) is 2. The Morgan fingerprint density at radius 2 is 1.67 bits per heavy atom. The van der Waals surface area contributed by atoms with E-state index < -0.39 is 29.2 Å². The van der Waals surface area contributed by atoms with Gasteiger partial charge >= 0.3 is 12.0 Å². The quantitative estimate of drug-likeness (QED) is 0.340. The highest BCUT2D eigenvalue weighted by Gasteiger charge is 2.10. The Hall–Kier alpha value is -2.64. The van der Waals surface area contributed by atoms with Crippen LogP contribution in [0.4, 0.5) is 10.5 Å². The second-order valence-electron chi connectivity index (χ2n) is 3.39. The fourth-order valence-corrected chi connectivity index (χ4v) is 1.13. The average Bonchev–Trinajstić information content (AvgIpc) is 2.25. The van der Waals surface area contributed by atoms with E-state index in [4.69, 9.17) is 10.2 Å². The summed E-state index contributed by atoms with van der Waals surface area (Å²) in [6.07, 6.45) is -0.223. The van der Waals surface area contributed by atoms with Gasteiger partial charge in [0.15, 0.2) is 17.2 Å². The topological polar surface area (TPSA) is 139 Å². The van der Waals surface area contributed by atoms with Crippen LogP contribution in [0.2, 0.25) is 0 Å². The van der Waals surface area contributed by atoms with Gasteiger partial charge in [0.1, 0.15) is 0 Å². The number of aromatic hydroxyl groups is 3. The molecule has 0 aliphatic carbocycles. The molecule has 0 unspecified atom stereocenters. The number of carbonyl (C=O) groups is 2. The van der Waals surface area contributed by atoms with E-state index in [2.05, 4.69) is 10.6 Å². The van der Waals surface area contributed by atoms with E-state index in [1.54, 1.807) is 0 Å². The molecule has 8 nitrogen and oxygen atoms in total. The summed E-state index contributed by atoms with van der Waals surface area (Å²) in [7, 11) is 0. The first-order valence-electron chi connectivity index (χ1n) is 4.91. The summed E-state index contributed by atoms with van der Waals surface area (Å²) in [5, 5.41) is 40.3. The van der Waals surface area contributed by atoms with E-state index >= 15 is 0 Å². The summed E-state index contributed by atoms with van der Waals surface area (Å²) >= 11 is 0. The molecule has 0 fully saturated rings. The van der Waals surface area contributed by atoms with Crippen LogP contribution in [0, 0.1) is 0 Å². The van der Waals surface area contributed by atoms with E-state index in [0.29, 0.717) is 0 Å². The van der Waals surface area contributed by atoms with Crippen molar-refractivity contribution >= 4 is 17.7 Å². The zero-order valence-electron chi connectivity index (χ0n) is 9.17. The van der Waals surface area contributed by atoms with Gasteiger partial charge in [0.2, 0.25) is 0 Å². The van der Waals surface area contributed by atoms with Crippen LogP contribution in [0.15, 0.2) is 12.1 Å². The first kappa shape index (κ1) is 13.4. The smallest absolute Gasteiger partial charge is 0.319 e. The van der Waals surface area contributed by atoms with Gasteiger partial charge in [0.25, 0.3) is 0 Å². The summed E-state index contributed by atoms with van der Waals surface area (Å²) in [6, 6.07) is 1.37. The van der Waals surface area contributed by atoms with Crippen molar-refractivity contribution in [2.75, 3.05) is 11.9 Å². The van der Waals surface area contributed by atoms with Crippen molar-refractivity contribution in [3.63, 3.8) is 0 Å². The van der Waals surface area contributed by atoms with Crippen molar-refractivity contribution in [3.8, 4) is 17.2 Å². The molecule has 1 aromatic rings. The highest BCUT2D eigenvalue weighted by atomic mass is 16.4. The van der Waals surface area contributed by atoms with Crippen LogP contribution >= 0.6 is 0 Å². The van der Waals surface area contributed by atoms with Crippen LogP contribution in [0.5, 0.6) is 17.2 Å². The SMILES string of the molecule is O=C(O)CCNC(=O)Nc1cc(O)c(O)c(O)c1. The molecule has 2 amide bonds. The Morgan fingerprint density at radius 1 is 1.11 bits per heavy atom. The predicted octanol–water partition coefficient (Wildman–Crippen LogP) is 0.400. The van der Waals surface area contributed by atoms with Crippen LogP contribution in [-0.2, 0) is 4.79 Å². The van der Waals surface area contributed by atoms with Crippen molar-refractivity contribution in [2.24, 2.45) is 0 Å². The molecule has 0 spiro atoms. The molecule has 18 heavy (non-hydrogen) atoms. The standard InChI is InChI=1S/C10H12N2O6/c13-6-3-5(4-7(14)9(6)17)12-10(18)11-2-1-8(15)16/h3-4,13-14,17H,1-2H2,(H,15,16)(H2,11,12,18). The number of phenolic OH excluding ortho intramolecular Hbond substituents is 3. The molecule has 6 N–H and O–H groups in total. The molecule has 0 saturated carbocycles. The van der Waals surface area contributed by atoms with Crippen molar-refractivity contribution in [1.82, 2.24) is 5.32 Å². The first-order valence-corrected chi connectivity index (χ1v) is 4.91. The molecule has 1 rings (SSSR count). The fraction of sp³-hybridized carbons (Fsp3) is 0.200. The molecule has 0 aliphatic heterocycles. The van der Waals surface area contributed by atoms with Gasteiger partial charge in [0, 0.05) is 18.7 Å². The van der Waals surface area contributed by atoms with Gasteiger partial charge in [-0.25, -0.2) is 4.79 Å². The Balaban J connectivity index is 2.57. The number of carboxylic acids is 1.